The van der Waals surface area contributed by atoms with Crippen LogP contribution in [0.15, 0.2) is 18.2 Å². The number of rotatable bonds is 3. The van der Waals surface area contributed by atoms with Crippen LogP contribution in [0.3, 0.4) is 0 Å². The molecule has 106 valence electrons. The third kappa shape index (κ3) is 3.50. The molecule has 1 saturated heterocycles. The van der Waals surface area contributed by atoms with Crippen LogP contribution < -0.4 is 10.2 Å². The van der Waals surface area contributed by atoms with Crippen LogP contribution in [-0.4, -0.2) is 26.2 Å². The number of nitrogens with zero attached hydrogens (tertiary/aromatic N) is 1. The van der Waals surface area contributed by atoms with E-state index in [9.17, 15) is 0 Å². The van der Waals surface area contributed by atoms with Crippen molar-refractivity contribution in [1.82, 2.24) is 5.32 Å². The Labute approximate surface area is 118 Å². The molecule has 1 heterocycles. The van der Waals surface area contributed by atoms with Crippen LogP contribution in [0.2, 0.25) is 0 Å². The summed E-state index contributed by atoms with van der Waals surface area (Å²) >= 11 is 0. The first-order valence-corrected chi connectivity index (χ1v) is 7.41. The van der Waals surface area contributed by atoms with Crippen molar-refractivity contribution >= 4 is 5.69 Å². The van der Waals surface area contributed by atoms with Gasteiger partial charge in [-0.1, -0.05) is 19.9 Å². The molecular weight excluding hydrogens is 232 g/mol. The largest absolute Gasteiger partial charge is 0.373 e. The van der Waals surface area contributed by atoms with Crippen LogP contribution >= 0.6 is 0 Å². The number of hydrogen-bond donors (Lipinski definition) is 1. The maximum Gasteiger partial charge on any atom is 0.0369 e. The highest BCUT2D eigenvalue weighted by Crippen LogP contribution is 2.31. The highest BCUT2D eigenvalue weighted by atomic mass is 15.1. The molecule has 0 aromatic heterocycles. The van der Waals surface area contributed by atoms with Gasteiger partial charge in [-0.25, -0.2) is 0 Å². The van der Waals surface area contributed by atoms with E-state index in [0.717, 1.165) is 13.1 Å². The number of nitrogens with one attached hydrogen (secondary N) is 1. The molecule has 1 aromatic carbocycles. The Bertz CT molecular complexity index is 417. The molecule has 0 bridgehead atoms. The summed E-state index contributed by atoms with van der Waals surface area (Å²) in [6.45, 7) is 11.4. The van der Waals surface area contributed by atoms with E-state index in [-0.39, 0.29) is 0 Å². The second kappa shape index (κ2) is 5.54. The summed E-state index contributed by atoms with van der Waals surface area (Å²) in [5, 5.41) is 3.70. The zero-order valence-electron chi connectivity index (χ0n) is 13.1. The van der Waals surface area contributed by atoms with E-state index < -0.39 is 0 Å². The van der Waals surface area contributed by atoms with Crippen molar-refractivity contribution in [3.8, 4) is 0 Å². The molecule has 1 aromatic rings. The molecule has 0 amide bonds. The molecular formula is C17H28N2. The van der Waals surface area contributed by atoms with Crippen molar-refractivity contribution in [3.05, 3.63) is 29.3 Å². The summed E-state index contributed by atoms with van der Waals surface area (Å²) in [5.41, 5.74) is 4.42. The lowest BCUT2D eigenvalue weighted by Gasteiger charge is -2.41. The summed E-state index contributed by atoms with van der Waals surface area (Å²) in [4.78, 5) is 2.39. The molecule has 2 nitrogen and oxygen atoms in total. The molecule has 1 atom stereocenters. The van der Waals surface area contributed by atoms with E-state index in [0.29, 0.717) is 11.5 Å². The van der Waals surface area contributed by atoms with Crippen molar-refractivity contribution in [2.45, 2.75) is 46.6 Å². The number of anilines is 1. The Hall–Kier alpha value is -1.02. The summed E-state index contributed by atoms with van der Waals surface area (Å²) in [6, 6.07) is 7.37. The van der Waals surface area contributed by atoms with Crippen molar-refractivity contribution < 1.29 is 0 Å². The number of benzene rings is 1. The number of likely N-dealkylation sites (N-methyl/N-ethyl adjacent to an activating group) is 1. The Kier molecular flexibility index (Phi) is 4.19. The van der Waals surface area contributed by atoms with Gasteiger partial charge in [0, 0.05) is 25.3 Å². The minimum Gasteiger partial charge on any atom is -0.373 e. The first-order valence-electron chi connectivity index (χ1n) is 7.41. The number of piperidine rings is 1. The second-order valence-corrected chi connectivity index (χ2v) is 6.83. The lowest BCUT2D eigenvalue weighted by molar-refractivity contribution is 0.184. The molecule has 19 heavy (non-hydrogen) atoms. The predicted molar refractivity (Wildman–Crippen MR) is 84.0 cm³/mol. The Morgan fingerprint density at radius 2 is 1.84 bits per heavy atom. The summed E-state index contributed by atoms with van der Waals surface area (Å²) in [5.74, 6) is 0. The lowest BCUT2D eigenvalue weighted by Crippen LogP contribution is -2.52. The fourth-order valence-corrected chi connectivity index (χ4v) is 3.13. The van der Waals surface area contributed by atoms with Gasteiger partial charge in [-0.05, 0) is 61.9 Å². The first-order chi connectivity index (χ1) is 8.88. The molecule has 1 aliphatic heterocycles. The fourth-order valence-electron chi connectivity index (χ4n) is 3.13. The third-order valence-electron chi connectivity index (χ3n) is 4.44. The standard InChI is InChI=1S/C17H28N2/c1-13-9-14(2)11-15(10-13)19(5)12-16-17(3,4)7-6-8-18-16/h9-11,16,18H,6-8,12H2,1-5H3. The summed E-state index contributed by atoms with van der Waals surface area (Å²) in [6.07, 6.45) is 2.63. The van der Waals surface area contributed by atoms with Gasteiger partial charge in [-0.3, -0.25) is 0 Å². The monoisotopic (exact) mass is 260 g/mol. The maximum absolute atomic E-state index is 3.70. The molecule has 1 aliphatic rings. The quantitative estimate of drug-likeness (QED) is 0.894. The molecule has 1 N–H and O–H groups in total. The molecule has 2 rings (SSSR count). The van der Waals surface area contributed by atoms with Crippen LogP contribution in [0.4, 0.5) is 5.69 Å². The van der Waals surface area contributed by atoms with E-state index in [4.69, 9.17) is 0 Å². The molecule has 0 spiro atoms. The van der Waals surface area contributed by atoms with Gasteiger partial charge in [-0.2, -0.15) is 0 Å². The van der Waals surface area contributed by atoms with E-state index in [1.54, 1.807) is 0 Å². The van der Waals surface area contributed by atoms with E-state index in [1.165, 1.54) is 29.7 Å². The summed E-state index contributed by atoms with van der Waals surface area (Å²) in [7, 11) is 2.21. The Morgan fingerprint density at radius 1 is 1.21 bits per heavy atom. The van der Waals surface area contributed by atoms with E-state index in [2.05, 4.69) is 63.2 Å². The van der Waals surface area contributed by atoms with Gasteiger partial charge >= 0.3 is 0 Å². The maximum atomic E-state index is 3.70. The molecule has 0 saturated carbocycles. The molecule has 0 aliphatic carbocycles. The van der Waals surface area contributed by atoms with Crippen LogP contribution in [0, 0.1) is 19.3 Å². The molecule has 2 heteroatoms. The Balaban J connectivity index is 2.09. The van der Waals surface area contributed by atoms with Crippen LogP contribution in [-0.2, 0) is 0 Å². The topological polar surface area (TPSA) is 15.3 Å². The zero-order valence-corrected chi connectivity index (χ0v) is 13.1. The van der Waals surface area contributed by atoms with Gasteiger partial charge in [-0.15, -0.1) is 0 Å². The van der Waals surface area contributed by atoms with E-state index >= 15 is 0 Å². The Morgan fingerprint density at radius 3 is 2.42 bits per heavy atom. The van der Waals surface area contributed by atoms with Gasteiger partial charge in [0.25, 0.3) is 0 Å². The fraction of sp³-hybridized carbons (Fsp3) is 0.647. The smallest absolute Gasteiger partial charge is 0.0369 e. The average Bonchev–Trinajstić information content (AvgIpc) is 2.30. The van der Waals surface area contributed by atoms with Gasteiger partial charge in [0.2, 0.25) is 0 Å². The second-order valence-electron chi connectivity index (χ2n) is 6.83. The minimum atomic E-state index is 0.394. The van der Waals surface area contributed by atoms with Gasteiger partial charge < -0.3 is 10.2 Å². The number of aryl methyl sites for hydroxylation is 2. The van der Waals surface area contributed by atoms with E-state index in [1.807, 2.05) is 0 Å². The predicted octanol–water partition coefficient (Wildman–Crippen LogP) is 3.52. The lowest BCUT2D eigenvalue weighted by atomic mass is 9.77. The summed E-state index contributed by atoms with van der Waals surface area (Å²) < 4.78 is 0. The highest BCUT2D eigenvalue weighted by molar-refractivity contribution is 5.50. The highest BCUT2D eigenvalue weighted by Gasteiger charge is 2.32. The van der Waals surface area contributed by atoms with Crippen molar-refractivity contribution in [1.29, 1.82) is 0 Å². The van der Waals surface area contributed by atoms with Gasteiger partial charge in [0.1, 0.15) is 0 Å². The van der Waals surface area contributed by atoms with Crippen molar-refractivity contribution in [2.75, 3.05) is 25.0 Å². The van der Waals surface area contributed by atoms with Crippen LogP contribution in [0.25, 0.3) is 0 Å². The third-order valence-corrected chi connectivity index (χ3v) is 4.44. The minimum absolute atomic E-state index is 0.394. The van der Waals surface area contributed by atoms with Crippen LogP contribution in [0.1, 0.15) is 37.8 Å². The van der Waals surface area contributed by atoms with Crippen LogP contribution in [0.5, 0.6) is 0 Å². The SMILES string of the molecule is Cc1cc(C)cc(N(C)CC2NCCCC2(C)C)c1. The van der Waals surface area contributed by atoms with Gasteiger partial charge in [0.15, 0.2) is 0 Å². The molecule has 1 fully saturated rings. The first kappa shape index (κ1) is 14.4. The zero-order chi connectivity index (χ0) is 14.0. The van der Waals surface area contributed by atoms with Gasteiger partial charge in [0.05, 0.1) is 0 Å². The number of hydrogen-bond acceptors (Lipinski definition) is 2. The normalized spacial score (nSPS) is 22.3. The van der Waals surface area contributed by atoms with Crippen molar-refractivity contribution in [2.24, 2.45) is 5.41 Å². The van der Waals surface area contributed by atoms with Crippen molar-refractivity contribution in [3.63, 3.8) is 0 Å². The molecule has 0 radical (unpaired) electrons. The molecule has 1 unspecified atom stereocenters. The average molecular weight is 260 g/mol.